The van der Waals surface area contributed by atoms with Crippen molar-refractivity contribution in [3.05, 3.63) is 59.7 Å². The molecule has 2 aromatic rings. The van der Waals surface area contributed by atoms with Crippen LogP contribution in [0.25, 0.3) is 11.1 Å². The number of carbonyl (C=O) groups excluding carboxylic acids is 2. The summed E-state index contributed by atoms with van der Waals surface area (Å²) in [5.41, 5.74) is 4.03. The number of nitrogens with zero attached hydrogens (tertiary/aromatic N) is 1. The van der Waals surface area contributed by atoms with Gasteiger partial charge in [0.1, 0.15) is 6.61 Å². The predicted molar refractivity (Wildman–Crippen MR) is 132 cm³/mol. The van der Waals surface area contributed by atoms with Crippen molar-refractivity contribution >= 4 is 18.0 Å². The van der Waals surface area contributed by atoms with Gasteiger partial charge in [0.25, 0.3) is 0 Å². The van der Waals surface area contributed by atoms with Gasteiger partial charge in [-0.1, -0.05) is 48.5 Å². The van der Waals surface area contributed by atoms with Gasteiger partial charge in [0.2, 0.25) is 5.91 Å². The van der Waals surface area contributed by atoms with Crippen molar-refractivity contribution in [1.82, 2.24) is 10.2 Å². The lowest BCUT2D eigenvalue weighted by molar-refractivity contribution is -0.141. The Hall–Kier alpha value is -3.39. The molecule has 8 nitrogen and oxygen atoms in total. The monoisotopic (exact) mass is 482 g/mol. The number of carboxylic acid groups (broad SMARTS) is 1. The van der Waals surface area contributed by atoms with Crippen molar-refractivity contribution in [2.24, 2.45) is 0 Å². The van der Waals surface area contributed by atoms with Crippen molar-refractivity contribution in [1.29, 1.82) is 0 Å². The number of fused-ring (bicyclic) bond motifs is 3. The van der Waals surface area contributed by atoms with E-state index in [2.05, 4.69) is 29.6 Å². The van der Waals surface area contributed by atoms with Gasteiger partial charge in [0, 0.05) is 31.7 Å². The Morgan fingerprint density at radius 2 is 1.60 bits per heavy atom. The van der Waals surface area contributed by atoms with Crippen molar-refractivity contribution in [3.63, 3.8) is 0 Å². The van der Waals surface area contributed by atoms with E-state index in [1.165, 1.54) is 12.0 Å². The molecule has 0 aromatic heterocycles. The standard InChI is InChI=1S/C27H34N2O6/c1-27(2,3)29(14-13-25(31)32)24(30)15-18(34-4)16-28-26(33)35-17-23-21-11-7-5-9-19(21)20-10-6-8-12-22(20)23/h5-12,18,23H,13-17H2,1-4H3,(H,28,33)(H,31,32). The van der Waals surface area contributed by atoms with Crippen molar-refractivity contribution in [3.8, 4) is 11.1 Å². The first-order chi connectivity index (χ1) is 16.6. The van der Waals surface area contributed by atoms with E-state index in [4.69, 9.17) is 14.6 Å². The van der Waals surface area contributed by atoms with Crippen LogP contribution in [0.15, 0.2) is 48.5 Å². The van der Waals surface area contributed by atoms with E-state index in [9.17, 15) is 14.4 Å². The minimum Gasteiger partial charge on any atom is -0.481 e. The lowest BCUT2D eigenvalue weighted by atomic mass is 9.98. The Labute approximate surface area is 206 Å². The van der Waals surface area contributed by atoms with Crippen LogP contribution in [0.4, 0.5) is 4.79 Å². The van der Waals surface area contributed by atoms with E-state index in [0.29, 0.717) is 0 Å². The fourth-order valence-corrected chi connectivity index (χ4v) is 4.43. The number of hydrogen-bond donors (Lipinski definition) is 2. The number of methoxy groups -OCH3 is 1. The van der Waals surface area contributed by atoms with Gasteiger partial charge in [-0.25, -0.2) is 4.79 Å². The highest BCUT2D eigenvalue weighted by Gasteiger charge is 2.30. The summed E-state index contributed by atoms with van der Waals surface area (Å²) in [5.74, 6) is -1.24. The number of amides is 2. The lowest BCUT2D eigenvalue weighted by Gasteiger charge is -2.36. The first-order valence-corrected chi connectivity index (χ1v) is 11.8. The van der Waals surface area contributed by atoms with Gasteiger partial charge in [-0.15, -0.1) is 0 Å². The third-order valence-electron chi connectivity index (χ3n) is 6.21. The molecule has 0 bridgehead atoms. The van der Waals surface area contributed by atoms with E-state index < -0.39 is 23.7 Å². The second-order valence-electron chi connectivity index (χ2n) is 9.63. The van der Waals surface area contributed by atoms with Gasteiger partial charge in [-0.05, 0) is 43.0 Å². The third kappa shape index (κ3) is 6.60. The van der Waals surface area contributed by atoms with Gasteiger partial charge in [0.05, 0.1) is 18.9 Å². The van der Waals surface area contributed by atoms with Crippen LogP contribution >= 0.6 is 0 Å². The number of rotatable bonds is 10. The SMILES string of the molecule is COC(CNC(=O)OCC1c2ccccc2-c2ccccc21)CC(=O)N(CCC(=O)O)C(C)(C)C. The number of carboxylic acids is 1. The first-order valence-electron chi connectivity index (χ1n) is 11.8. The molecule has 188 valence electrons. The van der Waals surface area contributed by atoms with Crippen LogP contribution in [0.2, 0.25) is 0 Å². The topological polar surface area (TPSA) is 105 Å². The van der Waals surface area contributed by atoms with E-state index in [0.717, 1.165) is 22.3 Å². The number of ether oxygens (including phenoxy) is 2. The number of carbonyl (C=O) groups is 3. The van der Waals surface area contributed by atoms with Crippen LogP contribution in [0, 0.1) is 0 Å². The minimum absolute atomic E-state index is 0.0110. The van der Waals surface area contributed by atoms with Crippen LogP contribution in [0.3, 0.4) is 0 Å². The van der Waals surface area contributed by atoms with E-state index in [1.807, 2.05) is 45.0 Å². The summed E-state index contributed by atoms with van der Waals surface area (Å²) >= 11 is 0. The van der Waals surface area contributed by atoms with Gasteiger partial charge in [-0.2, -0.15) is 0 Å². The summed E-state index contributed by atoms with van der Waals surface area (Å²) in [4.78, 5) is 37.8. The average molecular weight is 483 g/mol. The molecular weight excluding hydrogens is 448 g/mol. The summed E-state index contributed by atoms with van der Waals surface area (Å²) in [7, 11) is 1.47. The van der Waals surface area contributed by atoms with Gasteiger partial charge in [-0.3, -0.25) is 9.59 Å². The van der Waals surface area contributed by atoms with Crippen molar-refractivity contribution in [2.75, 3.05) is 26.8 Å². The van der Waals surface area contributed by atoms with E-state index >= 15 is 0 Å². The zero-order valence-electron chi connectivity index (χ0n) is 20.7. The Morgan fingerprint density at radius 1 is 1.03 bits per heavy atom. The molecule has 35 heavy (non-hydrogen) atoms. The van der Waals surface area contributed by atoms with Gasteiger partial charge in [0.15, 0.2) is 0 Å². The van der Waals surface area contributed by atoms with Crippen LogP contribution < -0.4 is 5.32 Å². The zero-order chi connectivity index (χ0) is 25.6. The van der Waals surface area contributed by atoms with Crippen molar-refractivity contribution < 1.29 is 29.0 Å². The molecule has 3 rings (SSSR count). The maximum Gasteiger partial charge on any atom is 0.407 e. The van der Waals surface area contributed by atoms with E-state index in [1.54, 1.807) is 0 Å². The predicted octanol–water partition coefficient (Wildman–Crippen LogP) is 4.03. The molecule has 0 aliphatic heterocycles. The fourth-order valence-electron chi connectivity index (χ4n) is 4.43. The molecule has 0 radical (unpaired) electrons. The maximum atomic E-state index is 12.9. The zero-order valence-corrected chi connectivity index (χ0v) is 20.7. The number of alkyl carbamates (subject to hydrolysis) is 1. The highest BCUT2D eigenvalue weighted by Crippen LogP contribution is 2.44. The number of benzene rings is 2. The smallest absolute Gasteiger partial charge is 0.407 e. The second-order valence-corrected chi connectivity index (χ2v) is 9.63. The van der Waals surface area contributed by atoms with Crippen LogP contribution in [0.5, 0.6) is 0 Å². The Balaban J connectivity index is 1.54. The molecule has 0 fully saturated rings. The summed E-state index contributed by atoms with van der Waals surface area (Å²) in [6, 6.07) is 16.2. The Kier molecular flexibility index (Phi) is 8.51. The molecule has 8 heteroatoms. The lowest BCUT2D eigenvalue weighted by Crippen LogP contribution is -2.48. The molecule has 1 unspecified atom stereocenters. The van der Waals surface area contributed by atoms with Crippen LogP contribution in [0.1, 0.15) is 50.7 Å². The largest absolute Gasteiger partial charge is 0.481 e. The minimum atomic E-state index is -0.965. The molecule has 0 spiro atoms. The molecule has 0 saturated carbocycles. The molecular formula is C27H34N2O6. The van der Waals surface area contributed by atoms with Crippen LogP contribution in [-0.2, 0) is 19.1 Å². The molecule has 1 atom stereocenters. The summed E-state index contributed by atoms with van der Waals surface area (Å²) in [6.45, 7) is 5.95. The third-order valence-corrected chi connectivity index (χ3v) is 6.21. The normalized spacial score (nSPS) is 13.5. The molecule has 1 aliphatic rings. The van der Waals surface area contributed by atoms with Gasteiger partial charge < -0.3 is 24.8 Å². The second kappa shape index (κ2) is 11.4. The van der Waals surface area contributed by atoms with Crippen LogP contribution in [-0.4, -0.2) is 66.4 Å². The maximum absolute atomic E-state index is 12.9. The van der Waals surface area contributed by atoms with Gasteiger partial charge >= 0.3 is 12.1 Å². The van der Waals surface area contributed by atoms with E-state index in [-0.39, 0.29) is 44.4 Å². The molecule has 1 aliphatic carbocycles. The Bertz CT molecular complexity index is 1020. The highest BCUT2D eigenvalue weighted by molar-refractivity contribution is 5.79. The Morgan fingerprint density at radius 3 is 2.11 bits per heavy atom. The number of aliphatic carboxylic acids is 1. The van der Waals surface area contributed by atoms with Crippen molar-refractivity contribution in [2.45, 2.75) is 51.2 Å². The highest BCUT2D eigenvalue weighted by atomic mass is 16.5. The number of nitrogens with one attached hydrogen (secondary N) is 1. The molecule has 2 aromatic carbocycles. The molecule has 0 saturated heterocycles. The number of hydrogen-bond acceptors (Lipinski definition) is 5. The average Bonchev–Trinajstić information content (AvgIpc) is 3.13. The first kappa shape index (κ1) is 26.2. The quantitative estimate of drug-likeness (QED) is 0.530. The molecule has 2 N–H and O–H groups in total. The fraction of sp³-hybridized carbons (Fsp3) is 0.444. The summed E-state index contributed by atoms with van der Waals surface area (Å²) in [5, 5.41) is 11.7. The molecule has 2 amide bonds. The summed E-state index contributed by atoms with van der Waals surface area (Å²) < 4.78 is 10.9. The molecule has 0 heterocycles. The summed E-state index contributed by atoms with van der Waals surface area (Å²) in [6.07, 6.45) is -1.28.